The molecule has 4 heteroatoms. The van der Waals surface area contributed by atoms with Gasteiger partial charge in [0.1, 0.15) is 0 Å². The number of benzene rings is 1. The Kier molecular flexibility index (Phi) is 5.39. The molecule has 0 saturated carbocycles. The number of nitrogens with zero attached hydrogens (tertiary/aromatic N) is 1. The first-order chi connectivity index (χ1) is 10.2. The van der Waals surface area contributed by atoms with Crippen LogP contribution in [-0.4, -0.2) is 23.9 Å². The molecule has 0 aliphatic carbocycles. The third kappa shape index (κ3) is 3.85. The highest BCUT2D eigenvalue weighted by molar-refractivity contribution is 7.09. The normalized spacial score (nSPS) is 10.4. The number of hydrogen-bond donors (Lipinski definition) is 1. The van der Waals surface area contributed by atoms with E-state index in [1.54, 1.807) is 11.3 Å². The summed E-state index contributed by atoms with van der Waals surface area (Å²) in [5.41, 5.74) is 2.78. The quantitative estimate of drug-likeness (QED) is 0.869. The molecule has 21 heavy (non-hydrogen) atoms. The van der Waals surface area contributed by atoms with Gasteiger partial charge in [0.05, 0.1) is 12.1 Å². The largest absolute Gasteiger partial charge is 0.385 e. The lowest BCUT2D eigenvalue weighted by atomic mass is 10.1. The van der Waals surface area contributed by atoms with E-state index >= 15 is 0 Å². The fraction of sp³-hybridized carbons (Fsp3) is 0.353. The van der Waals surface area contributed by atoms with Gasteiger partial charge in [-0.25, -0.2) is 0 Å². The van der Waals surface area contributed by atoms with Gasteiger partial charge in [-0.15, -0.1) is 11.3 Å². The Bertz CT molecular complexity index is 593. The van der Waals surface area contributed by atoms with Gasteiger partial charge in [0.2, 0.25) is 0 Å². The Balaban J connectivity index is 2.26. The molecule has 0 fully saturated rings. The molecule has 0 radical (unpaired) electrons. The van der Waals surface area contributed by atoms with E-state index in [9.17, 15) is 4.79 Å². The molecule has 0 bridgehead atoms. The molecule has 112 valence electrons. The number of aryl methyl sites for hydroxylation is 1. The molecule has 0 spiro atoms. The van der Waals surface area contributed by atoms with Gasteiger partial charge < -0.3 is 10.2 Å². The van der Waals surface area contributed by atoms with Crippen LogP contribution in [0, 0.1) is 6.92 Å². The Labute approximate surface area is 130 Å². The van der Waals surface area contributed by atoms with Crippen LogP contribution in [0.5, 0.6) is 0 Å². The summed E-state index contributed by atoms with van der Waals surface area (Å²) in [5, 5.41) is 5.32. The van der Waals surface area contributed by atoms with Gasteiger partial charge in [-0.3, -0.25) is 4.79 Å². The first-order valence-electron chi connectivity index (χ1n) is 7.31. The van der Waals surface area contributed by atoms with Crippen LogP contribution in [-0.2, 0) is 6.54 Å². The van der Waals surface area contributed by atoms with Gasteiger partial charge in [0, 0.05) is 23.7 Å². The van der Waals surface area contributed by atoms with Crippen molar-refractivity contribution in [1.29, 1.82) is 0 Å². The molecule has 0 saturated heterocycles. The SMILES string of the molecule is CCNc1ccc(C)cc1C(=O)N(CC)Cc1cccs1. The van der Waals surface area contributed by atoms with Crippen molar-refractivity contribution in [3.63, 3.8) is 0 Å². The van der Waals surface area contributed by atoms with E-state index in [1.807, 2.05) is 55.3 Å². The third-order valence-corrected chi connectivity index (χ3v) is 4.23. The van der Waals surface area contributed by atoms with Crippen LogP contribution >= 0.6 is 11.3 Å². The number of hydrogen-bond acceptors (Lipinski definition) is 3. The predicted octanol–water partition coefficient (Wildman–Crippen LogP) is 4.15. The highest BCUT2D eigenvalue weighted by Crippen LogP contribution is 2.21. The second-order valence-electron chi connectivity index (χ2n) is 4.98. The van der Waals surface area contributed by atoms with Crippen LogP contribution in [0.1, 0.15) is 34.6 Å². The van der Waals surface area contributed by atoms with E-state index in [0.717, 1.165) is 23.4 Å². The molecule has 2 aromatic rings. The molecule has 0 aliphatic rings. The molecular weight excluding hydrogens is 280 g/mol. The van der Waals surface area contributed by atoms with Gasteiger partial charge in [-0.05, 0) is 44.4 Å². The summed E-state index contributed by atoms with van der Waals surface area (Å²) >= 11 is 1.69. The van der Waals surface area contributed by atoms with Gasteiger partial charge in [0.25, 0.3) is 5.91 Å². The lowest BCUT2D eigenvalue weighted by molar-refractivity contribution is 0.0755. The van der Waals surface area contributed by atoms with Crippen molar-refractivity contribution in [2.45, 2.75) is 27.3 Å². The molecule has 0 aliphatic heterocycles. The summed E-state index contributed by atoms with van der Waals surface area (Å²) in [6.45, 7) is 8.26. The van der Waals surface area contributed by atoms with Crippen molar-refractivity contribution in [3.05, 3.63) is 51.7 Å². The lowest BCUT2D eigenvalue weighted by Gasteiger charge is -2.22. The van der Waals surface area contributed by atoms with E-state index in [1.165, 1.54) is 4.88 Å². The van der Waals surface area contributed by atoms with Crippen molar-refractivity contribution in [2.75, 3.05) is 18.4 Å². The molecule has 3 nitrogen and oxygen atoms in total. The van der Waals surface area contributed by atoms with Gasteiger partial charge in [-0.2, -0.15) is 0 Å². The van der Waals surface area contributed by atoms with E-state index in [0.29, 0.717) is 13.1 Å². The van der Waals surface area contributed by atoms with E-state index < -0.39 is 0 Å². The molecule has 2 rings (SSSR count). The molecule has 0 atom stereocenters. The van der Waals surface area contributed by atoms with Crippen LogP contribution in [0.15, 0.2) is 35.7 Å². The third-order valence-electron chi connectivity index (χ3n) is 3.37. The molecule has 1 heterocycles. The van der Waals surface area contributed by atoms with Crippen molar-refractivity contribution < 1.29 is 4.79 Å². The van der Waals surface area contributed by atoms with Crippen molar-refractivity contribution >= 4 is 22.9 Å². The molecular formula is C17H22N2OS. The molecule has 1 aromatic heterocycles. The first kappa shape index (κ1) is 15.6. The maximum absolute atomic E-state index is 12.8. The van der Waals surface area contributed by atoms with Crippen molar-refractivity contribution in [2.24, 2.45) is 0 Å². The van der Waals surface area contributed by atoms with Crippen LogP contribution in [0.4, 0.5) is 5.69 Å². The van der Waals surface area contributed by atoms with Crippen LogP contribution in [0.3, 0.4) is 0 Å². The zero-order valence-corrected chi connectivity index (χ0v) is 13.7. The smallest absolute Gasteiger partial charge is 0.256 e. The Hall–Kier alpha value is -1.81. The number of anilines is 1. The summed E-state index contributed by atoms with van der Waals surface area (Å²) < 4.78 is 0. The number of amides is 1. The van der Waals surface area contributed by atoms with E-state index in [4.69, 9.17) is 0 Å². The Morgan fingerprint density at radius 2 is 2.10 bits per heavy atom. The second-order valence-corrected chi connectivity index (χ2v) is 6.01. The monoisotopic (exact) mass is 302 g/mol. The first-order valence-corrected chi connectivity index (χ1v) is 8.19. The summed E-state index contributed by atoms with van der Waals surface area (Å²) in [5.74, 6) is 0.0885. The zero-order valence-electron chi connectivity index (χ0n) is 12.8. The lowest BCUT2D eigenvalue weighted by Crippen LogP contribution is -2.30. The maximum atomic E-state index is 12.8. The highest BCUT2D eigenvalue weighted by atomic mass is 32.1. The highest BCUT2D eigenvalue weighted by Gasteiger charge is 2.18. The summed E-state index contributed by atoms with van der Waals surface area (Å²) in [4.78, 5) is 15.9. The van der Waals surface area contributed by atoms with Crippen LogP contribution in [0.25, 0.3) is 0 Å². The van der Waals surface area contributed by atoms with Crippen LogP contribution in [0.2, 0.25) is 0 Å². The molecule has 1 N–H and O–H groups in total. The minimum atomic E-state index is 0.0885. The molecule has 1 aromatic carbocycles. The van der Waals surface area contributed by atoms with Crippen LogP contribution < -0.4 is 5.32 Å². The Morgan fingerprint density at radius 1 is 1.29 bits per heavy atom. The van der Waals surface area contributed by atoms with E-state index in [-0.39, 0.29) is 5.91 Å². The fourth-order valence-electron chi connectivity index (χ4n) is 2.27. The fourth-order valence-corrected chi connectivity index (χ4v) is 2.99. The minimum absolute atomic E-state index is 0.0885. The Morgan fingerprint density at radius 3 is 2.71 bits per heavy atom. The van der Waals surface area contributed by atoms with E-state index in [2.05, 4.69) is 11.4 Å². The standard InChI is InChI=1S/C17H22N2OS/c1-4-18-16-9-8-13(3)11-15(16)17(20)19(5-2)12-14-7-6-10-21-14/h6-11,18H,4-5,12H2,1-3H3. The zero-order chi connectivity index (χ0) is 15.2. The topological polar surface area (TPSA) is 32.3 Å². The van der Waals surface area contributed by atoms with Crippen molar-refractivity contribution in [1.82, 2.24) is 4.90 Å². The van der Waals surface area contributed by atoms with Gasteiger partial charge >= 0.3 is 0 Å². The number of rotatable bonds is 6. The minimum Gasteiger partial charge on any atom is -0.385 e. The summed E-state index contributed by atoms with van der Waals surface area (Å²) in [6.07, 6.45) is 0. The van der Waals surface area contributed by atoms with Gasteiger partial charge in [0.15, 0.2) is 0 Å². The average molecular weight is 302 g/mol. The predicted molar refractivity (Wildman–Crippen MR) is 90.1 cm³/mol. The molecule has 1 amide bonds. The maximum Gasteiger partial charge on any atom is 0.256 e. The number of carbonyl (C=O) groups excluding carboxylic acids is 1. The number of thiophene rings is 1. The second kappa shape index (κ2) is 7.27. The average Bonchev–Trinajstić information content (AvgIpc) is 2.99. The van der Waals surface area contributed by atoms with Gasteiger partial charge in [-0.1, -0.05) is 17.7 Å². The summed E-state index contributed by atoms with van der Waals surface area (Å²) in [6, 6.07) is 10.1. The summed E-state index contributed by atoms with van der Waals surface area (Å²) in [7, 11) is 0. The number of nitrogens with one attached hydrogen (secondary N) is 1. The van der Waals surface area contributed by atoms with Crippen molar-refractivity contribution in [3.8, 4) is 0 Å². The molecule has 0 unspecified atom stereocenters. The number of carbonyl (C=O) groups is 1.